The van der Waals surface area contributed by atoms with Crippen molar-refractivity contribution in [2.45, 2.75) is 0 Å². The van der Waals surface area contributed by atoms with E-state index in [1.165, 1.54) is 12.1 Å². The second-order valence-corrected chi connectivity index (χ2v) is 2.12. The number of aromatic carboxylic acids is 2. The van der Waals surface area contributed by atoms with Gasteiger partial charge in [0, 0.05) is 11.1 Å². The summed E-state index contributed by atoms with van der Waals surface area (Å²) in [7, 11) is 0. The van der Waals surface area contributed by atoms with Gasteiger partial charge in [-0.3, -0.25) is 0 Å². The molecule has 0 amide bonds. The molecule has 0 aliphatic carbocycles. The van der Waals surface area contributed by atoms with Gasteiger partial charge in [-0.05, 0) is 0 Å². The van der Waals surface area contributed by atoms with Gasteiger partial charge in [0.15, 0.2) is 0 Å². The average Bonchev–Trinajstić information content (AvgIpc) is 2.04. The fraction of sp³-hybridized carbons (Fsp3) is 0. The predicted octanol–water partition coefficient (Wildman–Crippen LogP) is -2.35. The van der Waals surface area contributed by atoms with Gasteiger partial charge < -0.3 is 19.8 Å². The Hall–Kier alpha value is -0.191. The van der Waals surface area contributed by atoms with Crippen LogP contribution in [0.5, 0.6) is 0 Å². The van der Waals surface area contributed by atoms with Crippen LogP contribution in [0.2, 0.25) is 0 Å². The Morgan fingerprint density at radius 2 is 1.21 bits per heavy atom. The molecule has 0 unspecified atom stereocenters. The zero-order chi connectivity index (χ0) is 9.14. The smallest absolute Gasteiger partial charge is 0.545 e. The largest absolute Gasteiger partial charge is 3.00 e. The maximum atomic E-state index is 10.3. The average molecular weight is 397 g/mol. The number of rotatable bonds is 2. The molecule has 0 fully saturated rings. The van der Waals surface area contributed by atoms with E-state index in [9.17, 15) is 19.8 Å². The number of benzene rings is 1. The van der Waals surface area contributed by atoms with Crippen LogP contribution in [-0.2, 0) is 0 Å². The second kappa shape index (κ2) is 7.15. The van der Waals surface area contributed by atoms with Crippen molar-refractivity contribution in [3.8, 4) is 0 Å². The van der Waals surface area contributed by atoms with Crippen molar-refractivity contribution in [1.82, 2.24) is 0 Å². The van der Waals surface area contributed by atoms with Crippen molar-refractivity contribution in [3.63, 3.8) is 0 Å². The van der Waals surface area contributed by atoms with Crippen molar-refractivity contribution >= 4 is 61.2 Å². The van der Waals surface area contributed by atoms with Gasteiger partial charge in [0.25, 0.3) is 0 Å². The van der Waals surface area contributed by atoms with Crippen LogP contribution in [0.3, 0.4) is 0 Å². The molecular formula is C8H4BiMgO4+3. The van der Waals surface area contributed by atoms with Crippen LogP contribution in [-0.4, -0.2) is 61.2 Å². The number of carbonyl (C=O) groups is 2. The van der Waals surface area contributed by atoms with Gasteiger partial charge in [0.1, 0.15) is 0 Å². The molecule has 0 saturated heterocycles. The van der Waals surface area contributed by atoms with Crippen LogP contribution in [0.25, 0.3) is 0 Å². The Labute approximate surface area is 116 Å². The first-order valence-corrected chi connectivity index (χ1v) is 3.14. The Kier molecular flexibility index (Phi) is 8.29. The van der Waals surface area contributed by atoms with Crippen molar-refractivity contribution in [2.24, 2.45) is 0 Å². The molecule has 64 valence electrons. The minimum atomic E-state index is -1.52. The van der Waals surface area contributed by atoms with E-state index < -0.39 is 11.9 Å². The molecule has 0 atom stereocenters. The number of carbonyl (C=O) groups excluding carboxylic acids is 2. The number of carboxylic acids is 2. The minimum absolute atomic E-state index is 0. The summed E-state index contributed by atoms with van der Waals surface area (Å²) in [6, 6.07) is 5.14. The zero-order valence-electron chi connectivity index (χ0n) is 7.10. The first-order valence-electron chi connectivity index (χ1n) is 3.14. The van der Waals surface area contributed by atoms with Gasteiger partial charge >= 0.3 is 49.3 Å². The van der Waals surface area contributed by atoms with Crippen LogP contribution in [0, 0.1) is 0 Å². The normalized spacial score (nSPS) is 8.00. The summed E-state index contributed by atoms with van der Waals surface area (Å²) in [4.78, 5) is 20.6. The fourth-order valence-electron chi connectivity index (χ4n) is 0.839. The molecule has 1 rings (SSSR count). The van der Waals surface area contributed by atoms with Crippen LogP contribution in [0.15, 0.2) is 24.3 Å². The molecule has 1 aromatic rings. The van der Waals surface area contributed by atoms with Gasteiger partial charge in [-0.2, -0.15) is 0 Å². The van der Waals surface area contributed by atoms with Crippen LogP contribution in [0.4, 0.5) is 0 Å². The second-order valence-electron chi connectivity index (χ2n) is 2.12. The maximum absolute atomic E-state index is 10.3. The molecule has 1 aromatic carbocycles. The molecule has 0 saturated carbocycles. The number of carboxylic acid groups (broad SMARTS) is 2. The van der Waals surface area contributed by atoms with Crippen molar-refractivity contribution in [3.05, 3.63) is 35.4 Å². The minimum Gasteiger partial charge on any atom is -0.545 e. The molecule has 14 heavy (non-hydrogen) atoms. The summed E-state index contributed by atoms with van der Waals surface area (Å²) in [5.74, 6) is -3.04. The van der Waals surface area contributed by atoms with E-state index in [-0.39, 0.29) is 60.4 Å². The van der Waals surface area contributed by atoms with E-state index >= 15 is 0 Å². The van der Waals surface area contributed by atoms with Gasteiger partial charge in [-0.1, -0.05) is 24.3 Å². The van der Waals surface area contributed by atoms with Crippen LogP contribution < -0.4 is 10.2 Å². The van der Waals surface area contributed by atoms with E-state index in [0.717, 1.165) is 12.1 Å². The van der Waals surface area contributed by atoms with Gasteiger partial charge in [-0.15, -0.1) is 0 Å². The number of hydrogen-bond donors (Lipinski definition) is 0. The molecule has 0 N–H and O–H groups in total. The standard InChI is InChI=1S/C8H6O4.Bi.Mg/c9-7(10)5-3-1-2-4-6(5)8(11)12;;/h1-4H,(H,9,10)(H,11,12);;/q;+3;+2/p-2. The molecule has 0 aliphatic rings. The fourth-order valence-corrected chi connectivity index (χ4v) is 0.839. The molecule has 0 aromatic heterocycles. The molecule has 4 nitrogen and oxygen atoms in total. The summed E-state index contributed by atoms with van der Waals surface area (Å²) < 4.78 is 0. The SMILES string of the molecule is O=C([O-])c1ccccc1C(=O)[O-].[Bi+3].[Mg+2]. The Balaban J connectivity index is 0. The van der Waals surface area contributed by atoms with E-state index in [2.05, 4.69) is 0 Å². The summed E-state index contributed by atoms with van der Waals surface area (Å²) in [6.07, 6.45) is 0. The van der Waals surface area contributed by atoms with E-state index in [4.69, 9.17) is 0 Å². The summed E-state index contributed by atoms with van der Waals surface area (Å²) in [6.45, 7) is 0. The van der Waals surface area contributed by atoms with Crippen molar-refractivity contribution in [1.29, 1.82) is 0 Å². The molecule has 0 aliphatic heterocycles. The topological polar surface area (TPSA) is 80.3 Å². The van der Waals surface area contributed by atoms with Crippen LogP contribution >= 0.6 is 0 Å². The van der Waals surface area contributed by atoms with E-state index in [0.29, 0.717) is 0 Å². The zero-order valence-corrected chi connectivity index (χ0v) is 12.0. The summed E-state index contributed by atoms with van der Waals surface area (Å²) >= 11 is 0. The third-order valence-electron chi connectivity index (χ3n) is 1.37. The molecule has 0 heterocycles. The van der Waals surface area contributed by atoms with Gasteiger partial charge in [0.05, 0.1) is 11.9 Å². The third-order valence-corrected chi connectivity index (χ3v) is 1.37. The first kappa shape index (κ1) is 16.2. The predicted molar refractivity (Wildman–Crippen MR) is 46.6 cm³/mol. The third kappa shape index (κ3) is 3.90. The molecular weight excluding hydrogens is 393 g/mol. The van der Waals surface area contributed by atoms with Gasteiger partial charge in [0.2, 0.25) is 0 Å². The number of hydrogen-bond acceptors (Lipinski definition) is 4. The summed E-state index contributed by atoms with van der Waals surface area (Å²) in [5, 5.41) is 20.6. The Morgan fingerprint density at radius 3 is 1.43 bits per heavy atom. The van der Waals surface area contributed by atoms with Crippen molar-refractivity contribution in [2.75, 3.05) is 0 Å². The molecule has 6 heteroatoms. The monoisotopic (exact) mass is 397 g/mol. The quantitative estimate of drug-likeness (QED) is 0.524. The van der Waals surface area contributed by atoms with E-state index in [1.54, 1.807) is 0 Å². The van der Waals surface area contributed by atoms with Gasteiger partial charge in [-0.25, -0.2) is 0 Å². The maximum Gasteiger partial charge on any atom is 3.00 e. The van der Waals surface area contributed by atoms with Crippen LogP contribution in [0.1, 0.15) is 20.7 Å². The Morgan fingerprint density at radius 1 is 0.929 bits per heavy atom. The van der Waals surface area contributed by atoms with E-state index in [1.807, 2.05) is 0 Å². The Bertz CT molecular complexity index is 307. The first-order chi connectivity index (χ1) is 5.63. The molecule has 0 spiro atoms. The summed E-state index contributed by atoms with van der Waals surface area (Å²) in [5.41, 5.74) is -0.727. The van der Waals surface area contributed by atoms with Crippen molar-refractivity contribution < 1.29 is 19.8 Å². The molecule has 0 bridgehead atoms. The molecule has 2 radical (unpaired) electrons.